The molecule has 1 unspecified atom stereocenters. The molecule has 0 spiro atoms. The Bertz CT molecular complexity index is 336. The van der Waals surface area contributed by atoms with Crippen LogP contribution in [0.4, 0.5) is 0 Å². The third-order valence-electron chi connectivity index (χ3n) is 1.95. The largest absolute Gasteiger partial charge is 0.387 e. The number of hydrogen-bond donors (Lipinski definition) is 2. The third kappa shape index (κ3) is 4.26. The van der Waals surface area contributed by atoms with Gasteiger partial charge in [0.15, 0.2) is 0 Å². The summed E-state index contributed by atoms with van der Waals surface area (Å²) in [5.41, 5.74) is 1.06. The van der Waals surface area contributed by atoms with Crippen LogP contribution in [0.3, 0.4) is 0 Å². The number of aliphatic hydroxyl groups is 1. The Hall–Kier alpha value is -0.980. The van der Waals surface area contributed by atoms with Crippen molar-refractivity contribution in [2.75, 3.05) is 27.2 Å². The molecule has 0 aliphatic heterocycles. The smallest absolute Gasteiger partial charge is 0.270 e. The fourth-order valence-corrected chi connectivity index (χ4v) is 1.96. The number of likely N-dealkylation sites (N-methyl/N-ethyl adjacent to an activating group) is 1. The standard InChI is InChI=1S/C10H17N3O2S/c1-10(15,6-13(2)3)5-11-9(14)8-4-16-7-12-8/h4,7,15H,5-6H2,1-3H3,(H,11,14). The minimum absolute atomic E-state index is 0.210. The van der Waals surface area contributed by atoms with Gasteiger partial charge in [-0.1, -0.05) is 0 Å². The lowest BCUT2D eigenvalue weighted by molar-refractivity contribution is 0.0325. The Labute approximate surface area is 99.1 Å². The van der Waals surface area contributed by atoms with E-state index in [1.165, 1.54) is 11.3 Å². The van der Waals surface area contributed by atoms with Gasteiger partial charge in [0.25, 0.3) is 5.91 Å². The molecule has 0 bridgehead atoms. The molecule has 90 valence electrons. The number of carbonyl (C=O) groups excluding carboxylic acids is 1. The lowest BCUT2D eigenvalue weighted by Crippen LogP contribution is -2.47. The van der Waals surface area contributed by atoms with Crippen LogP contribution in [0.5, 0.6) is 0 Å². The van der Waals surface area contributed by atoms with Crippen molar-refractivity contribution in [1.82, 2.24) is 15.2 Å². The molecule has 0 saturated carbocycles. The fraction of sp³-hybridized carbons (Fsp3) is 0.600. The van der Waals surface area contributed by atoms with Gasteiger partial charge in [-0.15, -0.1) is 11.3 Å². The van der Waals surface area contributed by atoms with Gasteiger partial charge in [-0.05, 0) is 21.0 Å². The zero-order valence-corrected chi connectivity index (χ0v) is 10.5. The molecule has 1 aromatic rings. The van der Waals surface area contributed by atoms with Crippen LogP contribution in [-0.2, 0) is 0 Å². The van der Waals surface area contributed by atoms with Crippen LogP contribution in [0.2, 0.25) is 0 Å². The van der Waals surface area contributed by atoms with Crippen molar-refractivity contribution < 1.29 is 9.90 Å². The second-order valence-electron chi connectivity index (χ2n) is 4.29. The summed E-state index contributed by atoms with van der Waals surface area (Å²) in [7, 11) is 3.74. The van der Waals surface area contributed by atoms with Crippen molar-refractivity contribution in [1.29, 1.82) is 0 Å². The Morgan fingerprint density at radius 3 is 2.88 bits per heavy atom. The highest BCUT2D eigenvalue weighted by atomic mass is 32.1. The zero-order chi connectivity index (χ0) is 12.2. The van der Waals surface area contributed by atoms with E-state index in [4.69, 9.17) is 0 Å². The maximum absolute atomic E-state index is 11.5. The first-order chi connectivity index (χ1) is 7.41. The van der Waals surface area contributed by atoms with E-state index in [1.807, 2.05) is 19.0 Å². The first kappa shape index (κ1) is 13.1. The highest BCUT2D eigenvalue weighted by Gasteiger charge is 2.22. The SMILES string of the molecule is CN(C)CC(C)(O)CNC(=O)c1cscn1. The molecule has 6 heteroatoms. The average molecular weight is 243 g/mol. The van der Waals surface area contributed by atoms with Crippen LogP contribution in [0.15, 0.2) is 10.9 Å². The average Bonchev–Trinajstić information content (AvgIpc) is 2.64. The molecule has 5 nitrogen and oxygen atoms in total. The second kappa shape index (κ2) is 5.38. The molecule has 0 aliphatic carbocycles. The van der Waals surface area contributed by atoms with E-state index in [9.17, 15) is 9.90 Å². The van der Waals surface area contributed by atoms with E-state index >= 15 is 0 Å². The molecule has 1 rings (SSSR count). The van der Waals surface area contributed by atoms with Gasteiger partial charge in [0, 0.05) is 18.5 Å². The number of amides is 1. The molecule has 0 fully saturated rings. The van der Waals surface area contributed by atoms with E-state index in [2.05, 4.69) is 10.3 Å². The molecular formula is C10H17N3O2S. The van der Waals surface area contributed by atoms with Crippen LogP contribution in [0.1, 0.15) is 17.4 Å². The number of rotatable bonds is 5. The van der Waals surface area contributed by atoms with E-state index in [-0.39, 0.29) is 12.5 Å². The molecule has 0 aromatic carbocycles. The first-order valence-electron chi connectivity index (χ1n) is 4.94. The molecule has 2 N–H and O–H groups in total. The Morgan fingerprint density at radius 1 is 1.69 bits per heavy atom. The first-order valence-corrected chi connectivity index (χ1v) is 5.88. The fourth-order valence-electron chi connectivity index (χ4n) is 1.42. The normalized spacial score (nSPS) is 14.8. The van der Waals surface area contributed by atoms with Gasteiger partial charge in [0.05, 0.1) is 11.1 Å². The molecule has 16 heavy (non-hydrogen) atoms. The maximum atomic E-state index is 11.5. The third-order valence-corrected chi connectivity index (χ3v) is 2.54. The Kier molecular flexibility index (Phi) is 4.40. The summed E-state index contributed by atoms with van der Waals surface area (Å²) < 4.78 is 0. The molecule has 1 heterocycles. The molecule has 1 amide bonds. The summed E-state index contributed by atoms with van der Waals surface area (Å²) in [5, 5.41) is 14.3. The van der Waals surface area contributed by atoms with Gasteiger partial charge >= 0.3 is 0 Å². The van der Waals surface area contributed by atoms with E-state index in [0.29, 0.717) is 12.2 Å². The van der Waals surface area contributed by atoms with Crippen LogP contribution in [-0.4, -0.2) is 53.7 Å². The minimum atomic E-state index is -0.935. The number of nitrogens with one attached hydrogen (secondary N) is 1. The van der Waals surface area contributed by atoms with Crippen molar-refractivity contribution in [3.05, 3.63) is 16.6 Å². The highest BCUT2D eigenvalue weighted by Crippen LogP contribution is 2.04. The zero-order valence-electron chi connectivity index (χ0n) is 9.73. The highest BCUT2D eigenvalue weighted by molar-refractivity contribution is 7.07. The van der Waals surface area contributed by atoms with Gasteiger partial charge in [-0.2, -0.15) is 0 Å². The number of carbonyl (C=O) groups is 1. The van der Waals surface area contributed by atoms with Gasteiger partial charge in [0.1, 0.15) is 5.69 Å². The van der Waals surface area contributed by atoms with Crippen molar-refractivity contribution in [3.8, 4) is 0 Å². The summed E-state index contributed by atoms with van der Waals surface area (Å²) >= 11 is 1.37. The Morgan fingerprint density at radius 2 is 2.38 bits per heavy atom. The molecule has 0 radical (unpaired) electrons. The summed E-state index contributed by atoms with van der Waals surface area (Å²) in [4.78, 5) is 17.3. The Balaban J connectivity index is 2.42. The predicted molar refractivity (Wildman–Crippen MR) is 63.6 cm³/mol. The molecule has 0 saturated heterocycles. The molecule has 1 aromatic heterocycles. The molecule has 1 atom stereocenters. The van der Waals surface area contributed by atoms with Crippen molar-refractivity contribution >= 4 is 17.2 Å². The van der Waals surface area contributed by atoms with Gasteiger partial charge in [0.2, 0.25) is 0 Å². The van der Waals surface area contributed by atoms with Crippen LogP contribution >= 0.6 is 11.3 Å². The van der Waals surface area contributed by atoms with Crippen LogP contribution in [0, 0.1) is 0 Å². The van der Waals surface area contributed by atoms with E-state index < -0.39 is 5.60 Å². The maximum Gasteiger partial charge on any atom is 0.270 e. The second-order valence-corrected chi connectivity index (χ2v) is 5.01. The summed E-state index contributed by atoms with van der Waals surface area (Å²) in [5.74, 6) is -0.250. The number of thiazole rings is 1. The van der Waals surface area contributed by atoms with Gasteiger partial charge in [-0.25, -0.2) is 4.98 Å². The summed E-state index contributed by atoms with van der Waals surface area (Å²) in [6.45, 7) is 2.39. The summed E-state index contributed by atoms with van der Waals surface area (Å²) in [6, 6.07) is 0. The van der Waals surface area contributed by atoms with E-state index in [1.54, 1.807) is 17.8 Å². The monoisotopic (exact) mass is 243 g/mol. The lowest BCUT2D eigenvalue weighted by Gasteiger charge is -2.26. The minimum Gasteiger partial charge on any atom is -0.387 e. The number of aromatic nitrogens is 1. The van der Waals surface area contributed by atoms with Crippen molar-refractivity contribution in [2.24, 2.45) is 0 Å². The van der Waals surface area contributed by atoms with Crippen LogP contribution in [0.25, 0.3) is 0 Å². The van der Waals surface area contributed by atoms with Crippen LogP contribution < -0.4 is 5.32 Å². The molecule has 0 aliphatic rings. The summed E-state index contributed by atoms with van der Waals surface area (Å²) in [6.07, 6.45) is 0. The van der Waals surface area contributed by atoms with Gasteiger partial charge < -0.3 is 15.3 Å². The van der Waals surface area contributed by atoms with Crippen molar-refractivity contribution in [3.63, 3.8) is 0 Å². The number of nitrogens with zero attached hydrogens (tertiary/aromatic N) is 2. The number of hydrogen-bond acceptors (Lipinski definition) is 5. The predicted octanol–water partition coefficient (Wildman–Crippen LogP) is 0.185. The van der Waals surface area contributed by atoms with E-state index in [0.717, 1.165) is 0 Å². The molecular weight excluding hydrogens is 226 g/mol. The van der Waals surface area contributed by atoms with Crippen molar-refractivity contribution in [2.45, 2.75) is 12.5 Å². The van der Waals surface area contributed by atoms with Gasteiger partial charge in [-0.3, -0.25) is 4.79 Å². The lowest BCUT2D eigenvalue weighted by atomic mass is 10.1. The topological polar surface area (TPSA) is 65.5 Å². The quantitative estimate of drug-likeness (QED) is 0.774.